The Balaban J connectivity index is 1.72. The molecular weight excluding hydrogens is 334 g/mol. The largest absolute Gasteiger partial charge is 0.444 e. The molecule has 2 aromatic rings. The lowest BCUT2D eigenvalue weighted by molar-refractivity contribution is 0.135. The van der Waals surface area contributed by atoms with Crippen molar-refractivity contribution in [2.45, 2.75) is 57.7 Å². The number of nitrogens with two attached hydrogens (primary N) is 1. The molecule has 136 valence electrons. The smallest absolute Gasteiger partial charge is 0.407 e. The van der Waals surface area contributed by atoms with E-state index in [9.17, 15) is 4.79 Å². The van der Waals surface area contributed by atoms with Crippen molar-refractivity contribution in [3.63, 3.8) is 0 Å². The highest BCUT2D eigenvalue weighted by atomic mass is 32.1. The van der Waals surface area contributed by atoms with Gasteiger partial charge in [0.2, 0.25) is 0 Å². The summed E-state index contributed by atoms with van der Waals surface area (Å²) < 4.78 is 5.25. The van der Waals surface area contributed by atoms with Gasteiger partial charge in [0, 0.05) is 18.3 Å². The fraction of sp³-hybridized carbons (Fsp3) is 0.474. The van der Waals surface area contributed by atoms with Crippen LogP contribution in [0.4, 0.5) is 4.79 Å². The van der Waals surface area contributed by atoms with Crippen molar-refractivity contribution in [1.29, 1.82) is 0 Å². The molecule has 5 nitrogen and oxygen atoms in total. The first-order valence-corrected chi connectivity index (χ1v) is 9.65. The Labute approximate surface area is 153 Å². The maximum atomic E-state index is 12.0. The molecule has 0 saturated heterocycles. The standard InChI is InChI=1S/C19H27N3O2S/c1-2-6-17(22-19(23)24-13-18-12-21-14-25-18)10-9-16(20)11-15-7-4-3-5-8-15/h3-5,7-8,12,14,16-17H,2,6,9-11,13,20H2,1H3,(H,22,23)/t16-,17+/m1/s1. The normalized spacial score (nSPS) is 13.2. The Hall–Kier alpha value is -1.92. The molecule has 0 aliphatic rings. The number of benzene rings is 1. The van der Waals surface area contributed by atoms with E-state index in [2.05, 4.69) is 29.4 Å². The molecule has 1 aromatic heterocycles. The fourth-order valence-electron chi connectivity index (χ4n) is 2.73. The summed E-state index contributed by atoms with van der Waals surface area (Å²) in [6, 6.07) is 10.5. The van der Waals surface area contributed by atoms with E-state index in [0.29, 0.717) is 0 Å². The Morgan fingerprint density at radius 3 is 2.76 bits per heavy atom. The second-order valence-corrected chi connectivity index (χ2v) is 7.17. The zero-order chi connectivity index (χ0) is 17.9. The lowest BCUT2D eigenvalue weighted by atomic mass is 9.98. The van der Waals surface area contributed by atoms with Crippen LogP contribution in [0.15, 0.2) is 42.0 Å². The van der Waals surface area contributed by atoms with E-state index in [-0.39, 0.29) is 24.8 Å². The number of carbonyl (C=O) groups excluding carboxylic acids is 1. The summed E-state index contributed by atoms with van der Waals surface area (Å²) in [5, 5.41) is 2.97. The third-order valence-electron chi connectivity index (χ3n) is 4.01. The van der Waals surface area contributed by atoms with Crippen LogP contribution < -0.4 is 11.1 Å². The fourth-order valence-corrected chi connectivity index (χ4v) is 3.24. The summed E-state index contributed by atoms with van der Waals surface area (Å²) >= 11 is 1.48. The number of nitrogens with one attached hydrogen (secondary N) is 1. The number of hydrogen-bond donors (Lipinski definition) is 2. The Morgan fingerprint density at radius 1 is 1.28 bits per heavy atom. The van der Waals surface area contributed by atoms with Gasteiger partial charge in [0.25, 0.3) is 0 Å². The van der Waals surface area contributed by atoms with Crippen LogP contribution in [-0.4, -0.2) is 23.2 Å². The van der Waals surface area contributed by atoms with E-state index in [4.69, 9.17) is 10.5 Å². The van der Waals surface area contributed by atoms with Gasteiger partial charge in [0.05, 0.1) is 10.4 Å². The Bertz CT molecular complexity index is 604. The van der Waals surface area contributed by atoms with Gasteiger partial charge in [-0.1, -0.05) is 43.7 Å². The molecule has 0 aliphatic heterocycles. The molecule has 2 rings (SSSR count). The van der Waals surface area contributed by atoms with E-state index in [1.54, 1.807) is 11.7 Å². The molecule has 0 unspecified atom stereocenters. The van der Waals surface area contributed by atoms with Crippen molar-refractivity contribution in [3.8, 4) is 0 Å². The van der Waals surface area contributed by atoms with E-state index >= 15 is 0 Å². The highest BCUT2D eigenvalue weighted by Crippen LogP contribution is 2.11. The summed E-state index contributed by atoms with van der Waals surface area (Å²) in [4.78, 5) is 16.9. The molecule has 1 heterocycles. The summed E-state index contributed by atoms with van der Waals surface area (Å²) in [5.74, 6) is 0. The predicted molar refractivity (Wildman–Crippen MR) is 101 cm³/mol. The lowest BCUT2D eigenvalue weighted by Gasteiger charge is -2.20. The minimum absolute atomic E-state index is 0.0942. The first-order chi connectivity index (χ1) is 12.2. The van der Waals surface area contributed by atoms with Crippen LogP contribution >= 0.6 is 11.3 Å². The van der Waals surface area contributed by atoms with Crippen LogP contribution in [0.2, 0.25) is 0 Å². The zero-order valence-corrected chi connectivity index (χ0v) is 15.5. The third-order valence-corrected chi connectivity index (χ3v) is 4.77. The van der Waals surface area contributed by atoms with Crippen LogP contribution in [0.25, 0.3) is 0 Å². The number of aromatic nitrogens is 1. The van der Waals surface area contributed by atoms with Gasteiger partial charge in [0.15, 0.2) is 0 Å². The molecule has 2 atom stereocenters. The second-order valence-electron chi connectivity index (χ2n) is 6.20. The van der Waals surface area contributed by atoms with Gasteiger partial charge in [-0.2, -0.15) is 0 Å². The minimum atomic E-state index is -0.372. The van der Waals surface area contributed by atoms with E-state index < -0.39 is 0 Å². The average molecular weight is 362 g/mol. The molecule has 3 N–H and O–H groups in total. The van der Waals surface area contributed by atoms with Gasteiger partial charge in [0.1, 0.15) is 6.61 Å². The van der Waals surface area contributed by atoms with Gasteiger partial charge < -0.3 is 15.8 Å². The van der Waals surface area contributed by atoms with Gasteiger partial charge in [-0.05, 0) is 31.2 Å². The molecule has 1 aromatic carbocycles. The first kappa shape index (κ1) is 19.4. The van der Waals surface area contributed by atoms with Crippen molar-refractivity contribution in [3.05, 3.63) is 52.5 Å². The molecule has 0 bridgehead atoms. The molecule has 0 spiro atoms. The van der Waals surface area contributed by atoms with E-state index in [0.717, 1.165) is 37.0 Å². The number of hydrogen-bond acceptors (Lipinski definition) is 5. The quantitative estimate of drug-likeness (QED) is 0.673. The van der Waals surface area contributed by atoms with Crippen LogP contribution in [0.5, 0.6) is 0 Å². The van der Waals surface area contributed by atoms with Crippen LogP contribution in [-0.2, 0) is 17.8 Å². The Morgan fingerprint density at radius 2 is 2.08 bits per heavy atom. The summed E-state index contributed by atoms with van der Waals surface area (Å²) in [6.07, 6.45) is 5.86. The van der Waals surface area contributed by atoms with Gasteiger partial charge in [-0.25, -0.2) is 4.79 Å². The number of nitrogens with zero attached hydrogens (tertiary/aromatic N) is 1. The number of amides is 1. The zero-order valence-electron chi connectivity index (χ0n) is 14.7. The predicted octanol–water partition coefficient (Wildman–Crippen LogP) is 3.89. The third kappa shape index (κ3) is 7.67. The van der Waals surface area contributed by atoms with E-state index in [1.807, 2.05) is 18.2 Å². The summed E-state index contributed by atoms with van der Waals surface area (Å²) in [5.41, 5.74) is 9.23. The number of ether oxygens (including phenoxy) is 1. The summed E-state index contributed by atoms with van der Waals surface area (Å²) in [6.45, 7) is 2.38. The minimum Gasteiger partial charge on any atom is -0.444 e. The van der Waals surface area contributed by atoms with Gasteiger partial charge in [-0.15, -0.1) is 11.3 Å². The molecule has 0 fully saturated rings. The maximum Gasteiger partial charge on any atom is 0.407 e. The molecule has 0 saturated carbocycles. The Kier molecular flexibility index (Phi) is 8.42. The average Bonchev–Trinajstić information content (AvgIpc) is 3.12. The number of rotatable bonds is 10. The highest BCUT2D eigenvalue weighted by Gasteiger charge is 2.15. The SMILES string of the molecule is CCC[C@@H](CC[C@@H](N)Cc1ccccc1)NC(=O)OCc1cncs1. The van der Waals surface area contributed by atoms with Crippen molar-refractivity contribution in [2.24, 2.45) is 5.73 Å². The number of carbonyl (C=O) groups is 1. The summed E-state index contributed by atoms with van der Waals surface area (Å²) in [7, 11) is 0. The van der Waals surface area contributed by atoms with E-state index in [1.165, 1.54) is 16.9 Å². The molecule has 6 heteroatoms. The van der Waals surface area contributed by atoms with Crippen molar-refractivity contribution in [1.82, 2.24) is 10.3 Å². The van der Waals surface area contributed by atoms with Crippen molar-refractivity contribution in [2.75, 3.05) is 0 Å². The van der Waals surface area contributed by atoms with Gasteiger partial charge >= 0.3 is 6.09 Å². The van der Waals surface area contributed by atoms with Crippen molar-refractivity contribution >= 4 is 17.4 Å². The molecular formula is C19H27N3O2S. The molecule has 25 heavy (non-hydrogen) atoms. The topological polar surface area (TPSA) is 77.2 Å². The van der Waals surface area contributed by atoms with Crippen LogP contribution in [0, 0.1) is 0 Å². The number of thiazole rings is 1. The molecule has 1 amide bonds. The second kappa shape index (κ2) is 10.8. The maximum absolute atomic E-state index is 12.0. The molecule has 0 aliphatic carbocycles. The number of alkyl carbamates (subject to hydrolysis) is 1. The van der Waals surface area contributed by atoms with Crippen molar-refractivity contribution < 1.29 is 9.53 Å². The molecule has 0 radical (unpaired) electrons. The van der Waals surface area contributed by atoms with Gasteiger partial charge in [-0.3, -0.25) is 4.98 Å². The monoisotopic (exact) mass is 361 g/mol. The highest BCUT2D eigenvalue weighted by molar-refractivity contribution is 7.09. The van der Waals surface area contributed by atoms with Crippen LogP contribution in [0.1, 0.15) is 43.0 Å². The van der Waals surface area contributed by atoms with Crippen LogP contribution in [0.3, 0.4) is 0 Å². The first-order valence-electron chi connectivity index (χ1n) is 8.77. The lowest BCUT2D eigenvalue weighted by Crippen LogP contribution is -2.36.